The average Bonchev–Trinajstić information content (AvgIpc) is 3.05. The highest BCUT2D eigenvalue weighted by Crippen LogP contribution is 2.34. The topological polar surface area (TPSA) is 37.4 Å². The molecule has 1 saturated heterocycles. The minimum atomic E-state index is 0.138. The summed E-state index contributed by atoms with van der Waals surface area (Å²) < 4.78 is 6.15. The summed E-state index contributed by atoms with van der Waals surface area (Å²) in [5.41, 5.74) is 3.94. The van der Waals surface area contributed by atoms with Crippen LogP contribution >= 0.6 is 0 Å². The van der Waals surface area contributed by atoms with Gasteiger partial charge in [-0.2, -0.15) is 0 Å². The SMILES string of the molecule is Cc1ccc(C2(CN(C)C[C@H]3Cc4ccccc4O3)CCNCC2)nc1. The summed E-state index contributed by atoms with van der Waals surface area (Å²) in [5.74, 6) is 1.06. The fourth-order valence-electron chi connectivity index (χ4n) is 4.47. The number of benzene rings is 1. The number of hydrogen-bond acceptors (Lipinski definition) is 4. The summed E-state index contributed by atoms with van der Waals surface area (Å²) in [4.78, 5) is 7.25. The van der Waals surface area contributed by atoms with Gasteiger partial charge in [0.05, 0.1) is 0 Å². The maximum Gasteiger partial charge on any atom is 0.123 e. The Morgan fingerprint density at radius 2 is 2.00 bits per heavy atom. The van der Waals surface area contributed by atoms with Crippen LogP contribution in [-0.4, -0.2) is 49.2 Å². The molecule has 2 aliphatic heterocycles. The molecule has 4 heteroatoms. The van der Waals surface area contributed by atoms with Gasteiger partial charge in [-0.3, -0.25) is 4.98 Å². The van der Waals surface area contributed by atoms with E-state index >= 15 is 0 Å². The first-order chi connectivity index (χ1) is 12.6. The number of ether oxygens (including phenoxy) is 1. The number of fused-ring (bicyclic) bond motifs is 1. The zero-order chi connectivity index (χ0) is 18.0. The highest BCUT2D eigenvalue weighted by atomic mass is 16.5. The van der Waals surface area contributed by atoms with Gasteiger partial charge in [0.25, 0.3) is 0 Å². The van der Waals surface area contributed by atoms with Gasteiger partial charge in [0.15, 0.2) is 0 Å². The van der Waals surface area contributed by atoms with Crippen LogP contribution in [0, 0.1) is 6.92 Å². The van der Waals surface area contributed by atoms with E-state index in [-0.39, 0.29) is 11.5 Å². The number of hydrogen-bond donors (Lipinski definition) is 1. The highest BCUT2D eigenvalue weighted by molar-refractivity contribution is 5.37. The van der Waals surface area contributed by atoms with Crippen LogP contribution in [0.25, 0.3) is 0 Å². The number of piperidine rings is 1. The normalized spacial score (nSPS) is 21.4. The number of aromatic nitrogens is 1. The van der Waals surface area contributed by atoms with Crippen molar-refractivity contribution in [3.63, 3.8) is 0 Å². The van der Waals surface area contributed by atoms with Crippen molar-refractivity contribution in [3.8, 4) is 5.75 Å². The van der Waals surface area contributed by atoms with Crippen molar-refractivity contribution in [2.45, 2.75) is 37.7 Å². The van der Waals surface area contributed by atoms with Gasteiger partial charge in [-0.05, 0) is 63.2 Å². The molecule has 0 bridgehead atoms. The largest absolute Gasteiger partial charge is 0.488 e. The van der Waals surface area contributed by atoms with Crippen LogP contribution in [0.1, 0.15) is 29.7 Å². The van der Waals surface area contributed by atoms with Gasteiger partial charge in [-0.1, -0.05) is 24.3 Å². The summed E-state index contributed by atoms with van der Waals surface area (Å²) in [6.07, 6.45) is 5.55. The number of rotatable bonds is 5. The molecule has 1 aromatic heterocycles. The molecular formula is C22H29N3O. The summed E-state index contributed by atoms with van der Waals surface area (Å²) >= 11 is 0. The first kappa shape index (κ1) is 17.5. The minimum Gasteiger partial charge on any atom is -0.488 e. The molecule has 4 nitrogen and oxygen atoms in total. The van der Waals surface area contributed by atoms with Crippen molar-refractivity contribution in [1.82, 2.24) is 15.2 Å². The van der Waals surface area contributed by atoms with Gasteiger partial charge in [0.1, 0.15) is 11.9 Å². The van der Waals surface area contributed by atoms with Crippen molar-refractivity contribution >= 4 is 0 Å². The number of pyridine rings is 1. The van der Waals surface area contributed by atoms with Gasteiger partial charge in [-0.25, -0.2) is 0 Å². The molecule has 1 N–H and O–H groups in total. The van der Waals surface area contributed by atoms with E-state index in [0.29, 0.717) is 0 Å². The molecule has 0 aliphatic carbocycles. The third-order valence-electron chi connectivity index (χ3n) is 5.82. The molecule has 2 aliphatic rings. The van der Waals surface area contributed by atoms with Crippen LogP contribution in [-0.2, 0) is 11.8 Å². The standard InChI is InChI=1S/C22H29N3O/c1-17-7-8-21(24-14-17)22(9-11-23-12-10-22)16-25(2)15-19-13-18-5-3-4-6-20(18)26-19/h3-8,14,19,23H,9-13,15-16H2,1-2H3/t19-/m1/s1. The Morgan fingerprint density at radius 3 is 2.73 bits per heavy atom. The average molecular weight is 351 g/mol. The second-order valence-corrected chi connectivity index (χ2v) is 8.00. The van der Waals surface area contributed by atoms with Crippen molar-refractivity contribution in [2.75, 3.05) is 33.2 Å². The molecule has 0 unspecified atom stereocenters. The Bertz CT molecular complexity index is 712. The Balaban J connectivity index is 1.45. The first-order valence-electron chi connectivity index (χ1n) is 9.72. The van der Waals surface area contributed by atoms with E-state index in [1.807, 2.05) is 6.20 Å². The summed E-state index contributed by atoms with van der Waals surface area (Å²) in [7, 11) is 2.23. The van der Waals surface area contributed by atoms with E-state index in [1.54, 1.807) is 0 Å². The van der Waals surface area contributed by atoms with Crippen LogP contribution < -0.4 is 10.1 Å². The molecule has 1 fully saturated rings. The fraction of sp³-hybridized carbons (Fsp3) is 0.500. The molecule has 1 aromatic carbocycles. The van der Waals surface area contributed by atoms with Crippen molar-refractivity contribution in [1.29, 1.82) is 0 Å². The number of nitrogens with one attached hydrogen (secondary N) is 1. The first-order valence-corrected chi connectivity index (χ1v) is 9.72. The summed E-state index contributed by atoms with van der Waals surface area (Å²) in [6.45, 7) is 6.22. The molecule has 26 heavy (non-hydrogen) atoms. The van der Waals surface area contributed by atoms with E-state index in [4.69, 9.17) is 9.72 Å². The number of nitrogens with zero attached hydrogens (tertiary/aromatic N) is 2. The van der Waals surface area contributed by atoms with E-state index < -0.39 is 0 Å². The van der Waals surface area contributed by atoms with E-state index in [1.165, 1.54) is 16.8 Å². The number of para-hydroxylation sites is 1. The Morgan fingerprint density at radius 1 is 1.19 bits per heavy atom. The number of aryl methyl sites for hydroxylation is 1. The van der Waals surface area contributed by atoms with Gasteiger partial charge >= 0.3 is 0 Å². The summed E-state index contributed by atoms with van der Waals surface area (Å²) in [6, 6.07) is 12.8. The van der Waals surface area contributed by atoms with Gasteiger partial charge in [0.2, 0.25) is 0 Å². The Hall–Kier alpha value is -1.91. The van der Waals surface area contributed by atoms with E-state index in [2.05, 4.69) is 60.6 Å². The highest BCUT2D eigenvalue weighted by Gasteiger charge is 2.37. The lowest BCUT2D eigenvalue weighted by Gasteiger charge is -2.40. The molecular weight excluding hydrogens is 322 g/mol. The Labute approximate surface area is 156 Å². The smallest absolute Gasteiger partial charge is 0.123 e. The number of likely N-dealkylation sites (N-methyl/N-ethyl adjacent to an activating group) is 1. The van der Waals surface area contributed by atoms with Crippen LogP contribution in [0.5, 0.6) is 5.75 Å². The van der Waals surface area contributed by atoms with Crippen molar-refractivity contribution in [3.05, 3.63) is 59.4 Å². The van der Waals surface area contributed by atoms with Gasteiger partial charge in [-0.15, -0.1) is 0 Å². The summed E-state index contributed by atoms with van der Waals surface area (Å²) in [5, 5.41) is 3.51. The minimum absolute atomic E-state index is 0.138. The second kappa shape index (κ2) is 7.37. The zero-order valence-corrected chi connectivity index (χ0v) is 15.9. The maximum atomic E-state index is 6.15. The molecule has 0 saturated carbocycles. The Kier molecular flexibility index (Phi) is 4.96. The molecule has 0 radical (unpaired) electrons. The van der Waals surface area contributed by atoms with E-state index in [9.17, 15) is 0 Å². The van der Waals surface area contributed by atoms with Crippen LogP contribution in [0.3, 0.4) is 0 Å². The van der Waals surface area contributed by atoms with Gasteiger partial charge in [0, 0.05) is 36.8 Å². The molecule has 0 spiro atoms. The van der Waals surface area contributed by atoms with Crippen LogP contribution in [0.2, 0.25) is 0 Å². The predicted octanol–water partition coefficient (Wildman–Crippen LogP) is 2.95. The van der Waals surface area contributed by atoms with Crippen LogP contribution in [0.15, 0.2) is 42.6 Å². The van der Waals surface area contributed by atoms with Crippen LogP contribution in [0.4, 0.5) is 0 Å². The van der Waals surface area contributed by atoms with Gasteiger partial charge < -0.3 is 15.0 Å². The third-order valence-corrected chi connectivity index (χ3v) is 5.82. The third kappa shape index (κ3) is 3.62. The monoisotopic (exact) mass is 351 g/mol. The molecule has 0 amide bonds. The lowest BCUT2D eigenvalue weighted by Crippen LogP contribution is -2.48. The molecule has 1 atom stereocenters. The lowest BCUT2D eigenvalue weighted by atomic mass is 9.75. The predicted molar refractivity (Wildman–Crippen MR) is 105 cm³/mol. The molecule has 138 valence electrons. The zero-order valence-electron chi connectivity index (χ0n) is 15.9. The lowest BCUT2D eigenvalue weighted by molar-refractivity contribution is 0.134. The maximum absolute atomic E-state index is 6.15. The van der Waals surface area contributed by atoms with E-state index in [0.717, 1.165) is 51.2 Å². The van der Waals surface area contributed by atoms with Crippen molar-refractivity contribution < 1.29 is 4.74 Å². The molecule has 3 heterocycles. The quantitative estimate of drug-likeness (QED) is 0.899. The fourth-order valence-corrected chi connectivity index (χ4v) is 4.47. The van der Waals surface area contributed by atoms with Crippen molar-refractivity contribution in [2.24, 2.45) is 0 Å². The molecule has 2 aromatic rings. The molecule has 4 rings (SSSR count). The second-order valence-electron chi connectivity index (χ2n) is 8.00.